The van der Waals surface area contributed by atoms with E-state index in [1.54, 1.807) is 0 Å². The van der Waals surface area contributed by atoms with Gasteiger partial charge in [-0.15, -0.1) is 0 Å². The van der Waals surface area contributed by atoms with Gasteiger partial charge < -0.3 is 0 Å². The van der Waals surface area contributed by atoms with Gasteiger partial charge in [0.05, 0.1) is 13.1 Å². The molecule has 2 rings (SSSR count). The molecule has 16 heavy (non-hydrogen) atoms. The van der Waals surface area contributed by atoms with Crippen LogP contribution in [0.2, 0.25) is 0 Å². The number of hydrogen-bond donors (Lipinski definition) is 0. The maximum atomic E-state index is 2.65. The number of nitrogens with zero attached hydrogens (tertiary/aromatic N) is 2. The zero-order valence-electron chi connectivity index (χ0n) is 11.0. The molecule has 0 bridgehead atoms. The molecule has 0 spiro atoms. The van der Waals surface area contributed by atoms with Crippen LogP contribution < -0.4 is 0 Å². The first kappa shape index (κ1) is 12.1. The normalized spacial score (nSPS) is 24.8. The average molecular weight is 223 g/mol. The van der Waals surface area contributed by atoms with Gasteiger partial charge >= 0.3 is 0 Å². The minimum atomic E-state index is 0.678. The van der Waals surface area contributed by atoms with Crippen molar-refractivity contribution in [3.05, 3.63) is 0 Å². The third-order valence-corrected chi connectivity index (χ3v) is 4.15. The van der Waals surface area contributed by atoms with Gasteiger partial charge in [0, 0.05) is 6.54 Å². The molecule has 0 radical (unpaired) electrons. The van der Waals surface area contributed by atoms with Crippen LogP contribution in [0.25, 0.3) is 0 Å². The van der Waals surface area contributed by atoms with Crippen molar-refractivity contribution >= 4 is 6.21 Å². The second kappa shape index (κ2) is 5.81. The molecule has 0 unspecified atom stereocenters. The fourth-order valence-corrected chi connectivity index (χ4v) is 3.03. The highest BCUT2D eigenvalue weighted by atomic mass is 15.2. The Labute approximate surface area is 100 Å². The lowest BCUT2D eigenvalue weighted by molar-refractivity contribution is -0.559. The fourth-order valence-electron chi connectivity index (χ4n) is 3.03. The van der Waals surface area contributed by atoms with E-state index in [4.69, 9.17) is 0 Å². The highest BCUT2D eigenvalue weighted by molar-refractivity contribution is 5.54. The Morgan fingerprint density at radius 2 is 2.00 bits per heavy atom. The van der Waals surface area contributed by atoms with E-state index in [1.165, 1.54) is 58.3 Å². The Bertz CT molecular complexity index is 239. The first-order chi connectivity index (χ1) is 7.75. The van der Waals surface area contributed by atoms with Gasteiger partial charge in [-0.3, -0.25) is 4.90 Å². The van der Waals surface area contributed by atoms with Gasteiger partial charge in [0.25, 0.3) is 0 Å². The van der Waals surface area contributed by atoms with Gasteiger partial charge in [-0.1, -0.05) is 19.3 Å². The van der Waals surface area contributed by atoms with Gasteiger partial charge in [-0.2, -0.15) is 0 Å². The molecule has 0 N–H and O–H groups in total. The van der Waals surface area contributed by atoms with Crippen LogP contribution in [0.1, 0.15) is 46.0 Å². The summed E-state index contributed by atoms with van der Waals surface area (Å²) >= 11 is 0. The van der Waals surface area contributed by atoms with E-state index in [2.05, 4.69) is 29.5 Å². The minimum absolute atomic E-state index is 0.678. The van der Waals surface area contributed by atoms with Crippen LogP contribution in [0.5, 0.6) is 0 Å². The highest BCUT2D eigenvalue weighted by Gasteiger charge is 2.22. The summed E-state index contributed by atoms with van der Waals surface area (Å²) in [5.41, 5.74) is 0. The van der Waals surface area contributed by atoms with Crippen LogP contribution in [0.15, 0.2) is 0 Å². The zero-order chi connectivity index (χ0) is 11.4. The van der Waals surface area contributed by atoms with Crippen molar-refractivity contribution in [2.45, 2.75) is 52.0 Å². The second-order valence-corrected chi connectivity index (χ2v) is 5.78. The molecule has 0 saturated heterocycles. The van der Waals surface area contributed by atoms with Crippen molar-refractivity contribution in [3.8, 4) is 0 Å². The summed E-state index contributed by atoms with van der Waals surface area (Å²) in [7, 11) is 0. The van der Waals surface area contributed by atoms with E-state index in [-0.39, 0.29) is 0 Å². The molecule has 92 valence electrons. The average Bonchev–Trinajstić information content (AvgIpc) is 2.31. The van der Waals surface area contributed by atoms with Crippen molar-refractivity contribution in [3.63, 3.8) is 0 Å². The molecule has 1 aliphatic heterocycles. The largest absolute Gasteiger partial charge is 0.288 e. The molecule has 2 aliphatic rings. The number of rotatable bonds is 3. The molecule has 2 nitrogen and oxygen atoms in total. The third-order valence-electron chi connectivity index (χ3n) is 4.15. The van der Waals surface area contributed by atoms with Crippen LogP contribution >= 0.6 is 0 Å². The Morgan fingerprint density at radius 1 is 1.25 bits per heavy atom. The van der Waals surface area contributed by atoms with Crippen LogP contribution in [0, 0.1) is 5.92 Å². The Hall–Kier alpha value is -0.370. The standard InChI is InChI=1S/C14H27N2/c1-13(2)16-10-8-15(9-11-16)12-14-6-4-3-5-7-14/h10,13-14H,3-9,11-12H2,1-2H3/q+1. The maximum absolute atomic E-state index is 2.65. The molecule has 0 aromatic carbocycles. The lowest BCUT2D eigenvalue weighted by Crippen LogP contribution is -2.43. The van der Waals surface area contributed by atoms with Crippen molar-refractivity contribution in [1.29, 1.82) is 0 Å². The van der Waals surface area contributed by atoms with E-state index in [1.807, 2.05) is 0 Å². The SMILES string of the molecule is CC(C)[N+]1=CCN(CC2CCCCC2)CC1. The molecular formula is C14H27N2+. The van der Waals surface area contributed by atoms with Crippen molar-refractivity contribution in [2.24, 2.45) is 5.92 Å². The lowest BCUT2D eigenvalue weighted by Gasteiger charge is -2.30. The predicted molar refractivity (Wildman–Crippen MR) is 69.3 cm³/mol. The molecule has 2 heteroatoms. The summed E-state index contributed by atoms with van der Waals surface area (Å²) in [4.78, 5) is 2.65. The van der Waals surface area contributed by atoms with E-state index in [9.17, 15) is 0 Å². The third kappa shape index (κ3) is 3.31. The first-order valence-corrected chi connectivity index (χ1v) is 7.07. The van der Waals surface area contributed by atoms with Crippen molar-refractivity contribution < 1.29 is 4.58 Å². The predicted octanol–water partition coefficient (Wildman–Crippen LogP) is 2.37. The lowest BCUT2D eigenvalue weighted by atomic mass is 9.89. The van der Waals surface area contributed by atoms with Crippen LogP contribution in [-0.4, -0.2) is 47.9 Å². The molecule has 0 atom stereocenters. The molecule has 1 aliphatic carbocycles. The van der Waals surface area contributed by atoms with Gasteiger partial charge in [-0.25, -0.2) is 4.58 Å². The van der Waals surface area contributed by atoms with Gasteiger partial charge in [0.2, 0.25) is 0 Å². The van der Waals surface area contributed by atoms with E-state index < -0.39 is 0 Å². The molecule has 1 fully saturated rings. The molecule has 1 heterocycles. The van der Waals surface area contributed by atoms with E-state index >= 15 is 0 Å². The van der Waals surface area contributed by atoms with Crippen LogP contribution in [0.3, 0.4) is 0 Å². The quantitative estimate of drug-likeness (QED) is 0.666. The summed E-state index contributed by atoms with van der Waals surface area (Å²) in [5.74, 6) is 0.993. The number of hydrogen-bond acceptors (Lipinski definition) is 1. The summed E-state index contributed by atoms with van der Waals surface area (Å²) in [6, 6.07) is 0.678. The zero-order valence-corrected chi connectivity index (χ0v) is 11.0. The topological polar surface area (TPSA) is 6.25 Å². The monoisotopic (exact) mass is 223 g/mol. The van der Waals surface area contributed by atoms with Gasteiger partial charge in [0.15, 0.2) is 12.8 Å². The molecule has 0 amide bonds. The Morgan fingerprint density at radius 3 is 2.56 bits per heavy atom. The first-order valence-electron chi connectivity index (χ1n) is 7.07. The molecule has 0 aromatic rings. The molecular weight excluding hydrogens is 196 g/mol. The molecule has 0 aromatic heterocycles. The van der Waals surface area contributed by atoms with Crippen LogP contribution in [-0.2, 0) is 0 Å². The summed E-state index contributed by atoms with van der Waals surface area (Å²) < 4.78 is 2.48. The smallest absolute Gasteiger partial charge is 0.155 e. The maximum Gasteiger partial charge on any atom is 0.155 e. The van der Waals surface area contributed by atoms with Crippen molar-refractivity contribution in [1.82, 2.24) is 4.90 Å². The van der Waals surface area contributed by atoms with Crippen LogP contribution in [0.4, 0.5) is 0 Å². The van der Waals surface area contributed by atoms with E-state index in [0.717, 1.165) is 5.92 Å². The van der Waals surface area contributed by atoms with Gasteiger partial charge in [-0.05, 0) is 32.6 Å². The Balaban J connectivity index is 1.76. The highest BCUT2D eigenvalue weighted by Crippen LogP contribution is 2.24. The van der Waals surface area contributed by atoms with Crippen molar-refractivity contribution in [2.75, 3.05) is 26.2 Å². The molecule has 1 saturated carbocycles. The fraction of sp³-hybridized carbons (Fsp3) is 0.929. The summed E-state index contributed by atoms with van der Waals surface area (Å²) in [5, 5.41) is 0. The second-order valence-electron chi connectivity index (χ2n) is 5.78. The van der Waals surface area contributed by atoms with E-state index in [0.29, 0.717) is 6.04 Å². The minimum Gasteiger partial charge on any atom is -0.288 e. The summed E-state index contributed by atoms with van der Waals surface area (Å²) in [6.07, 6.45) is 9.77. The van der Waals surface area contributed by atoms with Gasteiger partial charge in [0.1, 0.15) is 6.04 Å². The summed E-state index contributed by atoms with van der Waals surface area (Å²) in [6.45, 7) is 9.59. The Kier molecular flexibility index (Phi) is 4.39.